The summed E-state index contributed by atoms with van der Waals surface area (Å²) in [7, 11) is 1.81. The van der Waals surface area contributed by atoms with E-state index in [4.69, 9.17) is 0 Å². The Kier molecular flexibility index (Phi) is 6.39. The molecule has 0 bridgehead atoms. The van der Waals surface area contributed by atoms with Gasteiger partial charge < -0.3 is 5.32 Å². The van der Waals surface area contributed by atoms with Crippen LogP contribution in [0.15, 0.2) is 76.9 Å². The number of hydrogen-bond donors (Lipinski definition) is 2. The Morgan fingerprint density at radius 2 is 1.72 bits per heavy atom. The number of nitrogens with zero attached hydrogens (tertiary/aromatic N) is 2. The maximum atomic E-state index is 13.0. The minimum absolute atomic E-state index is 0.0789. The maximum absolute atomic E-state index is 13.0. The number of carbonyl (C=O) groups excluding carboxylic acids is 1. The highest BCUT2D eigenvalue weighted by Gasteiger charge is 2.20. The predicted molar refractivity (Wildman–Crippen MR) is 130 cm³/mol. The molecule has 0 aliphatic rings. The standard InChI is InChI=1S/C25H26N4O2S/c1-17-11-13-19(14-12-17)24(21-10-7-15-32-21)26-16-22(30)27-23-18(2)28(3)29(25(23)31)20-8-5-4-6-9-20/h4-15,24,26H,16H2,1-3H3,(H,27,30). The van der Waals surface area contributed by atoms with Crippen LogP contribution in [0.25, 0.3) is 5.69 Å². The predicted octanol–water partition coefficient (Wildman–Crippen LogP) is 4.17. The number of thiophene rings is 1. The van der Waals surface area contributed by atoms with Gasteiger partial charge in [0.1, 0.15) is 5.69 Å². The van der Waals surface area contributed by atoms with E-state index in [1.54, 1.807) is 20.7 Å². The molecule has 164 valence electrons. The van der Waals surface area contributed by atoms with Crippen LogP contribution >= 0.6 is 11.3 Å². The van der Waals surface area contributed by atoms with Crippen molar-refractivity contribution in [2.75, 3.05) is 11.9 Å². The van der Waals surface area contributed by atoms with Crippen LogP contribution in [-0.4, -0.2) is 21.8 Å². The van der Waals surface area contributed by atoms with Gasteiger partial charge in [0.15, 0.2) is 0 Å². The van der Waals surface area contributed by atoms with Crippen molar-refractivity contribution in [3.8, 4) is 5.69 Å². The van der Waals surface area contributed by atoms with Crippen molar-refractivity contribution >= 4 is 22.9 Å². The van der Waals surface area contributed by atoms with E-state index >= 15 is 0 Å². The second kappa shape index (κ2) is 9.38. The summed E-state index contributed by atoms with van der Waals surface area (Å²) in [5.74, 6) is -0.260. The lowest BCUT2D eigenvalue weighted by Gasteiger charge is -2.18. The van der Waals surface area contributed by atoms with Gasteiger partial charge in [-0.15, -0.1) is 11.3 Å². The number of carbonyl (C=O) groups is 1. The minimum atomic E-state index is -0.260. The Hall–Kier alpha value is -3.42. The van der Waals surface area contributed by atoms with Crippen LogP contribution in [-0.2, 0) is 11.8 Å². The lowest BCUT2D eigenvalue weighted by atomic mass is 10.0. The number of aryl methyl sites for hydroxylation is 1. The van der Waals surface area contributed by atoms with Crippen LogP contribution in [0.1, 0.15) is 27.7 Å². The van der Waals surface area contributed by atoms with E-state index in [1.807, 2.05) is 55.7 Å². The van der Waals surface area contributed by atoms with Gasteiger partial charge in [0.25, 0.3) is 5.56 Å². The molecular weight excluding hydrogens is 420 g/mol. The van der Waals surface area contributed by atoms with E-state index in [0.717, 1.165) is 16.1 Å². The number of benzene rings is 2. The maximum Gasteiger partial charge on any atom is 0.295 e. The molecule has 0 aliphatic heterocycles. The zero-order chi connectivity index (χ0) is 22.7. The van der Waals surface area contributed by atoms with Crippen LogP contribution in [0.3, 0.4) is 0 Å². The van der Waals surface area contributed by atoms with Crippen LogP contribution in [0.2, 0.25) is 0 Å². The summed E-state index contributed by atoms with van der Waals surface area (Å²) in [6.07, 6.45) is 0. The highest BCUT2D eigenvalue weighted by molar-refractivity contribution is 7.10. The number of hydrogen-bond acceptors (Lipinski definition) is 4. The minimum Gasteiger partial charge on any atom is -0.319 e. The molecule has 32 heavy (non-hydrogen) atoms. The van der Waals surface area contributed by atoms with Crippen molar-refractivity contribution in [1.29, 1.82) is 0 Å². The van der Waals surface area contributed by atoms with E-state index < -0.39 is 0 Å². The molecule has 0 saturated heterocycles. The molecule has 1 unspecified atom stereocenters. The highest BCUT2D eigenvalue weighted by Crippen LogP contribution is 2.26. The Bertz CT molecular complexity index is 1260. The Labute approximate surface area is 191 Å². The number of anilines is 1. The molecule has 1 amide bonds. The summed E-state index contributed by atoms with van der Waals surface area (Å²) < 4.78 is 3.31. The van der Waals surface area contributed by atoms with Crippen LogP contribution in [0.4, 0.5) is 5.69 Å². The molecule has 1 atom stereocenters. The summed E-state index contributed by atoms with van der Waals surface area (Å²) in [5.41, 5.74) is 3.77. The average molecular weight is 447 g/mol. The first kappa shape index (κ1) is 21.8. The van der Waals surface area contributed by atoms with Gasteiger partial charge in [-0.2, -0.15) is 0 Å². The molecule has 0 fully saturated rings. The van der Waals surface area contributed by atoms with E-state index in [-0.39, 0.29) is 24.1 Å². The Morgan fingerprint density at radius 1 is 1.00 bits per heavy atom. The van der Waals surface area contributed by atoms with Gasteiger partial charge in [-0.25, -0.2) is 4.68 Å². The van der Waals surface area contributed by atoms with Crippen molar-refractivity contribution in [2.24, 2.45) is 7.05 Å². The molecule has 7 heteroatoms. The van der Waals surface area contributed by atoms with Gasteiger partial charge in [-0.1, -0.05) is 54.1 Å². The fourth-order valence-electron chi connectivity index (χ4n) is 3.69. The third-order valence-electron chi connectivity index (χ3n) is 5.52. The number of nitrogens with one attached hydrogen (secondary N) is 2. The largest absolute Gasteiger partial charge is 0.319 e. The van der Waals surface area contributed by atoms with Gasteiger partial charge in [-0.3, -0.25) is 19.6 Å². The molecule has 0 saturated carbocycles. The van der Waals surface area contributed by atoms with Crippen molar-refractivity contribution in [3.63, 3.8) is 0 Å². The molecule has 2 heterocycles. The molecule has 4 rings (SSSR count). The SMILES string of the molecule is Cc1ccc(C(NCC(=O)Nc2c(C)n(C)n(-c3ccccc3)c2=O)c2cccs2)cc1. The highest BCUT2D eigenvalue weighted by atomic mass is 32.1. The van der Waals surface area contributed by atoms with Gasteiger partial charge in [0.2, 0.25) is 5.91 Å². The third kappa shape index (κ3) is 4.44. The van der Waals surface area contributed by atoms with Crippen molar-refractivity contribution in [1.82, 2.24) is 14.7 Å². The normalized spacial score (nSPS) is 12.0. The van der Waals surface area contributed by atoms with Crippen molar-refractivity contribution in [3.05, 3.63) is 104 Å². The van der Waals surface area contributed by atoms with Gasteiger partial charge >= 0.3 is 0 Å². The second-order valence-electron chi connectivity index (χ2n) is 7.72. The molecule has 4 aromatic rings. The Morgan fingerprint density at radius 3 is 2.38 bits per heavy atom. The molecule has 0 aliphatic carbocycles. The summed E-state index contributed by atoms with van der Waals surface area (Å²) in [6, 6.07) is 21.6. The molecule has 2 aromatic carbocycles. The van der Waals surface area contributed by atoms with E-state index in [9.17, 15) is 9.59 Å². The molecule has 0 spiro atoms. The van der Waals surface area contributed by atoms with Crippen LogP contribution in [0, 0.1) is 13.8 Å². The third-order valence-corrected chi connectivity index (χ3v) is 6.46. The number of amides is 1. The summed E-state index contributed by atoms with van der Waals surface area (Å²) in [6.45, 7) is 3.95. The summed E-state index contributed by atoms with van der Waals surface area (Å²) in [4.78, 5) is 27.0. The number of aromatic nitrogens is 2. The first-order valence-electron chi connectivity index (χ1n) is 10.4. The first-order valence-corrected chi connectivity index (χ1v) is 11.3. The van der Waals surface area contributed by atoms with Crippen LogP contribution < -0.4 is 16.2 Å². The van der Waals surface area contributed by atoms with Crippen molar-refractivity contribution < 1.29 is 4.79 Å². The van der Waals surface area contributed by atoms with E-state index in [1.165, 1.54) is 5.56 Å². The first-order chi connectivity index (χ1) is 15.5. The quantitative estimate of drug-likeness (QED) is 0.448. The average Bonchev–Trinajstić information content (AvgIpc) is 3.39. The zero-order valence-electron chi connectivity index (χ0n) is 18.3. The summed E-state index contributed by atoms with van der Waals surface area (Å²) in [5, 5.41) is 8.20. The second-order valence-corrected chi connectivity index (χ2v) is 8.70. The molecule has 2 aromatic heterocycles. The van der Waals surface area contributed by atoms with Gasteiger partial charge in [-0.05, 0) is 43.0 Å². The van der Waals surface area contributed by atoms with Crippen LogP contribution in [0.5, 0.6) is 0 Å². The van der Waals surface area contributed by atoms with Gasteiger partial charge in [0, 0.05) is 11.9 Å². The lowest BCUT2D eigenvalue weighted by molar-refractivity contribution is -0.115. The molecule has 6 nitrogen and oxygen atoms in total. The fourth-order valence-corrected chi connectivity index (χ4v) is 4.51. The smallest absolute Gasteiger partial charge is 0.295 e. The summed E-state index contributed by atoms with van der Waals surface area (Å²) >= 11 is 1.64. The monoisotopic (exact) mass is 446 g/mol. The number of rotatable bonds is 7. The van der Waals surface area contributed by atoms with Gasteiger partial charge in [0.05, 0.1) is 24.0 Å². The van der Waals surface area contributed by atoms with E-state index in [2.05, 4.69) is 47.9 Å². The zero-order valence-corrected chi connectivity index (χ0v) is 19.1. The molecule has 0 radical (unpaired) electrons. The lowest BCUT2D eigenvalue weighted by Crippen LogP contribution is -2.33. The fraction of sp³-hybridized carbons (Fsp3) is 0.200. The van der Waals surface area contributed by atoms with E-state index in [0.29, 0.717) is 11.4 Å². The Balaban J connectivity index is 1.52. The topological polar surface area (TPSA) is 68.1 Å². The van der Waals surface area contributed by atoms with Crippen molar-refractivity contribution in [2.45, 2.75) is 19.9 Å². The molecule has 2 N–H and O–H groups in total. The molecular formula is C25H26N4O2S. The number of para-hydroxylation sites is 1.